The van der Waals surface area contributed by atoms with Crippen molar-refractivity contribution >= 4 is 23.2 Å². The van der Waals surface area contributed by atoms with Crippen molar-refractivity contribution in [1.29, 1.82) is 0 Å². The molecule has 0 bridgehead atoms. The highest BCUT2D eigenvalue weighted by Crippen LogP contribution is 2.22. The van der Waals surface area contributed by atoms with Gasteiger partial charge in [0, 0.05) is 12.6 Å². The quantitative estimate of drug-likeness (QED) is 0.839. The predicted octanol–water partition coefficient (Wildman–Crippen LogP) is 2.82. The highest BCUT2D eigenvalue weighted by atomic mass is 35.5. The maximum atomic E-state index is 5.91. The molecule has 3 N–H and O–H groups in total. The molecule has 4 heteroatoms. The molecule has 2 nitrogen and oxygen atoms in total. The van der Waals surface area contributed by atoms with Gasteiger partial charge in [0.05, 0.1) is 10.0 Å². The maximum Gasteiger partial charge on any atom is 0.0595 e. The fourth-order valence-electron chi connectivity index (χ4n) is 1.29. The highest BCUT2D eigenvalue weighted by Gasteiger charge is 2.02. The third-order valence-electron chi connectivity index (χ3n) is 2.24. The van der Waals surface area contributed by atoms with E-state index in [0.717, 1.165) is 18.5 Å². The first-order valence-electron chi connectivity index (χ1n) is 5.01. The first-order valence-corrected chi connectivity index (χ1v) is 5.76. The first kappa shape index (κ1) is 12.8. The summed E-state index contributed by atoms with van der Waals surface area (Å²) in [7, 11) is 0. The summed E-state index contributed by atoms with van der Waals surface area (Å²) in [5.41, 5.74) is 6.60. The normalized spacial score (nSPS) is 12.8. The predicted molar refractivity (Wildman–Crippen MR) is 66.4 cm³/mol. The van der Waals surface area contributed by atoms with Gasteiger partial charge in [-0.25, -0.2) is 0 Å². The van der Waals surface area contributed by atoms with Crippen LogP contribution in [-0.4, -0.2) is 12.6 Å². The van der Waals surface area contributed by atoms with Gasteiger partial charge in [-0.3, -0.25) is 0 Å². The van der Waals surface area contributed by atoms with Gasteiger partial charge >= 0.3 is 0 Å². The largest absolute Gasteiger partial charge is 0.330 e. The number of rotatable bonds is 5. The average Bonchev–Trinajstić information content (AvgIpc) is 2.20. The summed E-state index contributed by atoms with van der Waals surface area (Å²) in [6.07, 6.45) is 0.974. The van der Waals surface area contributed by atoms with Crippen molar-refractivity contribution < 1.29 is 0 Å². The number of nitrogens with one attached hydrogen (secondary N) is 1. The van der Waals surface area contributed by atoms with Gasteiger partial charge in [-0.15, -0.1) is 0 Å². The Kier molecular flexibility index (Phi) is 5.40. The fraction of sp³-hybridized carbons (Fsp3) is 0.455. The van der Waals surface area contributed by atoms with E-state index in [2.05, 4.69) is 12.2 Å². The molecule has 1 aromatic rings. The van der Waals surface area contributed by atoms with Crippen molar-refractivity contribution in [3.63, 3.8) is 0 Å². The Bertz CT molecular complexity index is 315. The zero-order valence-electron chi connectivity index (χ0n) is 8.76. The molecule has 0 aliphatic heterocycles. The summed E-state index contributed by atoms with van der Waals surface area (Å²) in [4.78, 5) is 0. The van der Waals surface area contributed by atoms with Crippen molar-refractivity contribution in [3.8, 4) is 0 Å². The van der Waals surface area contributed by atoms with Crippen molar-refractivity contribution in [1.82, 2.24) is 5.32 Å². The Balaban J connectivity index is 2.47. The van der Waals surface area contributed by atoms with Crippen LogP contribution in [0.3, 0.4) is 0 Å². The van der Waals surface area contributed by atoms with Crippen LogP contribution in [0, 0.1) is 0 Å². The summed E-state index contributed by atoms with van der Waals surface area (Å²) in [5.74, 6) is 0. The van der Waals surface area contributed by atoms with Crippen LogP contribution in [0.2, 0.25) is 10.0 Å². The lowest BCUT2D eigenvalue weighted by Crippen LogP contribution is -2.27. The SMILES string of the molecule is CC(CCN)NCc1ccc(Cl)c(Cl)c1. The number of nitrogens with two attached hydrogens (primary N) is 1. The monoisotopic (exact) mass is 246 g/mol. The van der Waals surface area contributed by atoms with Crippen LogP contribution < -0.4 is 11.1 Å². The molecule has 1 unspecified atom stereocenters. The molecule has 15 heavy (non-hydrogen) atoms. The molecule has 0 saturated heterocycles. The Morgan fingerprint density at radius 1 is 1.33 bits per heavy atom. The third-order valence-corrected chi connectivity index (χ3v) is 2.98. The number of halogens is 2. The molecule has 0 heterocycles. The molecule has 0 radical (unpaired) electrons. The van der Waals surface area contributed by atoms with Gasteiger partial charge in [0.2, 0.25) is 0 Å². The van der Waals surface area contributed by atoms with Crippen LogP contribution in [0.1, 0.15) is 18.9 Å². The second kappa shape index (κ2) is 6.33. The lowest BCUT2D eigenvalue weighted by molar-refractivity contribution is 0.520. The highest BCUT2D eigenvalue weighted by molar-refractivity contribution is 6.42. The zero-order chi connectivity index (χ0) is 11.3. The van der Waals surface area contributed by atoms with E-state index in [1.54, 1.807) is 0 Å². The molecule has 0 amide bonds. The first-order chi connectivity index (χ1) is 7.13. The summed E-state index contributed by atoms with van der Waals surface area (Å²) >= 11 is 11.7. The summed E-state index contributed by atoms with van der Waals surface area (Å²) in [6.45, 7) is 3.61. The minimum atomic E-state index is 0.421. The Morgan fingerprint density at radius 3 is 2.67 bits per heavy atom. The van der Waals surface area contributed by atoms with Crippen molar-refractivity contribution in [3.05, 3.63) is 33.8 Å². The van der Waals surface area contributed by atoms with E-state index in [9.17, 15) is 0 Å². The standard InChI is InChI=1S/C11H16Cl2N2/c1-8(4-5-14)15-7-9-2-3-10(12)11(13)6-9/h2-3,6,8,15H,4-5,7,14H2,1H3. The molecule has 0 aliphatic rings. The van der Waals surface area contributed by atoms with Gasteiger partial charge in [0.15, 0.2) is 0 Å². The number of hydrogen-bond acceptors (Lipinski definition) is 2. The molecule has 84 valence electrons. The molecule has 1 aromatic carbocycles. The smallest absolute Gasteiger partial charge is 0.0595 e. The molecule has 0 aromatic heterocycles. The topological polar surface area (TPSA) is 38.0 Å². The Labute approximate surface area is 101 Å². The molecule has 0 spiro atoms. The van der Waals surface area contributed by atoms with Gasteiger partial charge < -0.3 is 11.1 Å². The average molecular weight is 247 g/mol. The van der Waals surface area contributed by atoms with E-state index in [0.29, 0.717) is 22.6 Å². The van der Waals surface area contributed by atoms with Crippen LogP contribution in [0.4, 0.5) is 0 Å². The van der Waals surface area contributed by atoms with Crippen LogP contribution in [0.5, 0.6) is 0 Å². The minimum absolute atomic E-state index is 0.421. The summed E-state index contributed by atoms with van der Waals surface area (Å²) in [6, 6.07) is 6.08. The maximum absolute atomic E-state index is 5.91. The molecule has 0 fully saturated rings. The van der Waals surface area contributed by atoms with Gasteiger partial charge in [-0.1, -0.05) is 29.3 Å². The Morgan fingerprint density at radius 2 is 2.07 bits per heavy atom. The fourth-order valence-corrected chi connectivity index (χ4v) is 1.61. The minimum Gasteiger partial charge on any atom is -0.330 e. The lowest BCUT2D eigenvalue weighted by atomic mass is 10.2. The van der Waals surface area contributed by atoms with E-state index in [1.807, 2.05) is 18.2 Å². The lowest BCUT2D eigenvalue weighted by Gasteiger charge is -2.12. The molecule has 0 aliphatic carbocycles. The van der Waals surface area contributed by atoms with Gasteiger partial charge in [-0.2, -0.15) is 0 Å². The number of benzene rings is 1. The Hall–Kier alpha value is -0.280. The molecule has 1 atom stereocenters. The summed E-state index contributed by atoms with van der Waals surface area (Å²) in [5, 5.41) is 4.56. The third kappa shape index (κ3) is 4.39. The van der Waals surface area contributed by atoms with Gasteiger partial charge in [0.1, 0.15) is 0 Å². The van der Waals surface area contributed by atoms with Crippen molar-refractivity contribution in [2.24, 2.45) is 5.73 Å². The van der Waals surface area contributed by atoms with Crippen molar-refractivity contribution in [2.45, 2.75) is 25.9 Å². The van der Waals surface area contributed by atoms with E-state index in [1.165, 1.54) is 0 Å². The van der Waals surface area contributed by atoms with E-state index in [4.69, 9.17) is 28.9 Å². The van der Waals surface area contributed by atoms with Crippen LogP contribution in [0.25, 0.3) is 0 Å². The molecule has 0 saturated carbocycles. The van der Waals surface area contributed by atoms with Gasteiger partial charge in [-0.05, 0) is 37.6 Å². The van der Waals surface area contributed by atoms with Gasteiger partial charge in [0.25, 0.3) is 0 Å². The molecule has 1 rings (SSSR count). The van der Waals surface area contributed by atoms with Crippen LogP contribution in [-0.2, 0) is 6.54 Å². The number of hydrogen-bond donors (Lipinski definition) is 2. The second-order valence-electron chi connectivity index (χ2n) is 3.61. The second-order valence-corrected chi connectivity index (χ2v) is 4.42. The zero-order valence-corrected chi connectivity index (χ0v) is 10.3. The van der Waals surface area contributed by atoms with Crippen LogP contribution in [0.15, 0.2) is 18.2 Å². The van der Waals surface area contributed by atoms with Crippen molar-refractivity contribution in [2.75, 3.05) is 6.54 Å². The van der Waals surface area contributed by atoms with E-state index in [-0.39, 0.29) is 0 Å². The van der Waals surface area contributed by atoms with E-state index < -0.39 is 0 Å². The molecular weight excluding hydrogens is 231 g/mol. The van der Waals surface area contributed by atoms with Crippen LogP contribution >= 0.6 is 23.2 Å². The molecular formula is C11H16Cl2N2. The summed E-state index contributed by atoms with van der Waals surface area (Å²) < 4.78 is 0. The van der Waals surface area contributed by atoms with E-state index >= 15 is 0 Å².